The van der Waals surface area contributed by atoms with Crippen LogP contribution < -0.4 is 16.0 Å². The van der Waals surface area contributed by atoms with Crippen LogP contribution in [0.15, 0.2) is 65.9 Å². The summed E-state index contributed by atoms with van der Waals surface area (Å²) in [5.41, 5.74) is 5.56. The van der Waals surface area contributed by atoms with Crippen molar-refractivity contribution in [3.05, 3.63) is 72.6 Å². The van der Waals surface area contributed by atoms with Gasteiger partial charge in [-0.05, 0) is 34.1 Å². The molecular weight excluding hydrogens is 720 g/mol. The zero-order valence-electron chi connectivity index (χ0n) is 33.3. The lowest BCUT2D eigenvalue weighted by Gasteiger charge is -2.24. The summed E-state index contributed by atoms with van der Waals surface area (Å²) in [6, 6.07) is 13.9. The average Bonchev–Trinajstić information content (AvgIpc) is 3.90. The highest BCUT2D eigenvalue weighted by Crippen LogP contribution is 2.29. The molecule has 0 saturated carbocycles. The molecule has 2 aromatic heterocycles. The van der Waals surface area contributed by atoms with Crippen molar-refractivity contribution in [3.8, 4) is 33.6 Å². The Morgan fingerprint density at radius 3 is 1.59 bits per heavy atom. The molecule has 16 heteroatoms. The number of ether oxygens (including phenoxy) is 3. The standard InChI is InChI=1S/C40H54N8O8/c1-24(2)34(47-38(49)30(17-19-52-5)43-23-56-55-8)36-41-21-32(44-36)28-13-9-26(10-14-28)27-11-15-29(16-12-27)33-22-42-37(45-33)35(25(3)4)48-39(50)31(18-20-53-6)46-40(51)54-7/h9-16,21-25,30-31,34-35H,17-20H2,1-8H3,(H,41,44)(H,42,45)(H,46,51)(H,47,49)(H,48,50)/b43-23-/t30-,31-,34-,35-/m0/s1. The van der Waals surface area contributed by atoms with E-state index in [2.05, 4.69) is 45.8 Å². The summed E-state index contributed by atoms with van der Waals surface area (Å²) in [4.78, 5) is 67.7. The molecular formula is C40H54N8O8. The van der Waals surface area contributed by atoms with Gasteiger partial charge in [0.15, 0.2) is 0 Å². The number of rotatable bonds is 21. The van der Waals surface area contributed by atoms with Crippen LogP contribution in [-0.4, -0.2) is 98.0 Å². The van der Waals surface area contributed by atoms with Crippen LogP contribution in [0.4, 0.5) is 4.79 Å². The number of nitrogens with zero attached hydrogens (tertiary/aromatic N) is 3. The van der Waals surface area contributed by atoms with Gasteiger partial charge in [-0.15, -0.1) is 0 Å². The number of hydrogen-bond acceptors (Lipinski definition) is 11. The minimum Gasteiger partial charge on any atom is -0.453 e. The molecule has 0 bridgehead atoms. The zero-order chi connectivity index (χ0) is 40.6. The molecule has 4 rings (SSSR count). The van der Waals surface area contributed by atoms with E-state index in [-0.39, 0.29) is 42.7 Å². The predicted octanol–water partition coefficient (Wildman–Crippen LogP) is 5.53. The quantitative estimate of drug-likeness (QED) is 0.0310. The van der Waals surface area contributed by atoms with E-state index in [0.29, 0.717) is 24.7 Å². The largest absolute Gasteiger partial charge is 0.453 e. The molecule has 4 aromatic rings. The van der Waals surface area contributed by atoms with Gasteiger partial charge in [0.05, 0.1) is 50.1 Å². The molecule has 2 heterocycles. The monoisotopic (exact) mass is 774 g/mol. The summed E-state index contributed by atoms with van der Waals surface area (Å²) in [6.45, 7) is 8.63. The second-order valence-electron chi connectivity index (χ2n) is 13.8. The molecule has 0 aliphatic rings. The van der Waals surface area contributed by atoms with Crippen LogP contribution in [0.3, 0.4) is 0 Å². The maximum Gasteiger partial charge on any atom is 0.407 e. The van der Waals surface area contributed by atoms with E-state index in [9.17, 15) is 14.4 Å². The van der Waals surface area contributed by atoms with Crippen molar-refractivity contribution in [2.75, 3.05) is 41.7 Å². The van der Waals surface area contributed by atoms with E-state index in [1.165, 1.54) is 21.3 Å². The van der Waals surface area contributed by atoms with E-state index in [1.54, 1.807) is 19.5 Å². The average molecular weight is 775 g/mol. The SMILES string of the molecule is COCC[C@H](/N=C\OOC)C(=O)N[C@H](c1ncc(-c2ccc(-c3ccc(-c4cnc([C@@H](NC(=O)[C@H](CCOC)NC(=O)OC)C(C)C)[nH]4)cc3)cc2)[nH]1)C(C)C. The number of benzene rings is 2. The first-order valence-corrected chi connectivity index (χ1v) is 18.4. The Balaban J connectivity index is 1.43. The molecule has 0 saturated heterocycles. The third kappa shape index (κ3) is 12.0. The van der Waals surface area contributed by atoms with Gasteiger partial charge in [-0.25, -0.2) is 19.8 Å². The highest BCUT2D eigenvalue weighted by atomic mass is 17.2. The van der Waals surface area contributed by atoms with Crippen LogP contribution in [0.2, 0.25) is 0 Å². The fraction of sp³-hybridized carbons (Fsp3) is 0.450. The number of amides is 3. The van der Waals surface area contributed by atoms with Gasteiger partial charge in [0, 0.05) is 40.3 Å². The molecule has 3 amide bonds. The first-order valence-electron chi connectivity index (χ1n) is 18.4. The summed E-state index contributed by atoms with van der Waals surface area (Å²) in [6.07, 6.45) is 4.57. The van der Waals surface area contributed by atoms with Gasteiger partial charge in [-0.3, -0.25) is 9.59 Å². The Labute approximate surface area is 327 Å². The maximum absolute atomic E-state index is 13.2. The predicted molar refractivity (Wildman–Crippen MR) is 211 cm³/mol. The van der Waals surface area contributed by atoms with Crippen molar-refractivity contribution < 1.29 is 38.4 Å². The Hall–Kier alpha value is -5.58. The highest BCUT2D eigenvalue weighted by Gasteiger charge is 2.28. The third-order valence-electron chi connectivity index (χ3n) is 9.12. The lowest BCUT2D eigenvalue weighted by atomic mass is 10.0. The lowest BCUT2D eigenvalue weighted by molar-refractivity contribution is -0.188. The van der Waals surface area contributed by atoms with Crippen molar-refractivity contribution >= 4 is 24.3 Å². The molecule has 56 heavy (non-hydrogen) atoms. The summed E-state index contributed by atoms with van der Waals surface area (Å²) in [5, 5.41) is 8.67. The Morgan fingerprint density at radius 2 is 1.14 bits per heavy atom. The summed E-state index contributed by atoms with van der Waals surface area (Å²) < 4.78 is 15.0. The Morgan fingerprint density at radius 1 is 0.679 bits per heavy atom. The van der Waals surface area contributed by atoms with Crippen LogP contribution in [0.1, 0.15) is 64.3 Å². The van der Waals surface area contributed by atoms with Crippen LogP contribution in [0.5, 0.6) is 0 Å². The summed E-state index contributed by atoms with van der Waals surface area (Å²) >= 11 is 0. The van der Waals surface area contributed by atoms with Gasteiger partial charge in [0.2, 0.25) is 18.2 Å². The second-order valence-corrected chi connectivity index (χ2v) is 13.8. The fourth-order valence-electron chi connectivity index (χ4n) is 5.92. The molecule has 0 aliphatic heterocycles. The van der Waals surface area contributed by atoms with Crippen LogP contribution in [0.25, 0.3) is 33.6 Å². The first-order chi connectivity index (χ1) is 27.0. The molecule has 2 aromatic carbocycles. The fourth-order valence-corrected chi connectivity index (χ4v) is 5.92. The topological polar surface area (TPSA) is 203 Å². The lowest BCUT2D eigenvalue weighted by Crippen LogP contribution is -2.49. The minimum absolute atomic E-state index is 0.00169. The number of carbonyl (C=O) groups excluding carboxylic acids is 3. The number of aromatic nitrogens is 4. The number of alkyl carbamates (subject to hydrolysis) is 1. The Kier molecular flexibility index (Phi) is 16.6. The number of aliphatic imine (C=N–C) groups is 1. The van der Waals surface area contributed by atoms with Crippen molar-refractivity contribution in [2.24, 2.45) is 16.8 Å². The smallest absolute Gasteiger partial charge is 0.407 e. The second kappa shape index (κ2) is 21.5. The third-order valence-corrected chi connectivity index (χ3v) is 9.12. The molecule has 0 spiro atoms. The van der Waals surface area contributed by atoms with Crippen LogP contribution in [-0.2, 0) is 33.6 Å². The van der Waals surface area contributed by atoms with Crippen molar-refractivity contribution in [1.82, 2.24) is 35.9 Å². The van der Waals surface area contributed by atoms with E-state index >= 15 is 0 Å². The highest BCUT2D eigenvalue weighted by molar-refractivity contribution is 5.86. The van der Waals surface area contributed by atoms with Gasteiger partial charge < -0.3 is 45.0 Å². The molecule has 302 valence electrons. The van der Waals surface area contributed by atoms with Crippen molar-refractivity contribution in [2.45, 2.75) is 64.7 Å². The number of H-pyrrole nitrogens is 2. The Bertz CT molecular complexity index is 1860. The van der Waals surface area contributed by atoms with E-state index < -0.39 is 24.2 Å². The number of methoxy groups -OCH3 is 3. The van der Waals surface area contributed by atoms with Crippen LogP contribution in [0, 0.1) is 11.8 Å². The number of nitrogens with one attached hydrogen (secondary N) is 5. The minimum atomic E-state index is -0.831. The van der Waals surface area contributed by atoms with Gasteiger partial charge in [0.25, 0.3) is 0 Å². The van der Waals surface area contributed by atoms with Gasteiger partial charge in [-0.2, -0.15) is 4.89 Å². The number of carbonyl (C=O) groups is 3. The van der Waals surface area contributed by atoms with Crippen LogP contribution >= 0.6 is 0 Å². The van der Waals surface area contributed by atoms with E-state index in [0.717, 1.165) is 40.0 Å². The summed E-state index contributed by atoms with van der Waals surface area (Å²) in [5.74, 6) is 0.639. The number of hydrogen-bond donors (Lipinski definition) is 5. The molecule has 0 radical (unpaired) electrons. The first kappa shape index (κ1) is 43.2. The molecule has 0 aliphatic carbocycles. The van der Waals surface area contributed by atoms with Gasteiger partial charge >= 0.3 is 6.09 Å². The van der Waals surface area contributed by atoms with Gasteiger partial charge in [0.1, 0.15) is 23.7 Å². The molecule has 4 atom stereocenters. The molecule has 0 unspecified atom stereocenters. The maximum atomic E-state index is 13.2. The van der Waals surface area contributed by atoms with Gasteiger partial charge in [-0.1, -0.05) is 76.2 Å². The zero-order valence-corrected chi connectivity index (χ0v) is 33.3. The molecule has 0 fully saturated rings. The van der Waals surface area contributed by atoms with Crippen molar-refractivity contribution in [3.63, 3.8) is 0 Å². The summed E-state index contributed by atoms with van der Waals surface area (Å²) in [7, 11) is 5.70. The van der Waals surface area contributed by atoms with E-state index in [4.69, 9.17) is 19.1 Å². The number of aromatic amines is 2. The normalized spacial score (nSPS) is 13.7. The number of imidazole rings is 2. The molecule has 16 nitrogen and oxygen atoms in total. The molecule has 5 N–H and O–H groups in total. The van der Waals surface area contributed by atoms with Crippen molar-refractivity contribution in [1.29, 1.82) is 0 Å². The van der Waals surface area contributed by atoms with E-state index in [1.807, 2.05) is 76.2 Å².